The van der Waals surface area contributed by atoms with Crippen molar-refractivity contribution < 1.29 is 4.39 Å². The first kappa shape index (κ1) is 14.4. The van der Waals surface area contributed by atoms with E-state index in [1.165, 1.54) is 38.2 Å². The maximum absolute atomic E-state index is 13.3. The summed E-state index contributed by atoms with van der Waals surface area (Å²) in [5, 5.41) is 0.137. The number of nitrogens with two attached hydrogens (primary N) is 1. The van der Waals surface area contributed by atoms with Gasteiger partial charge in [0.05, 0.1) is 16.4 Å². The molecule has 0 heterocycles. The summed E-state index contributed by atoms with van der Waals surface area (Å²) in [5.41, 5.74) is 7.21. The molecule has 0 radical (unpaired) electrons. The van der Waals surface area contributed by atoms with Crippen molar-refractivity contribution in [3.63, 3.8) is 0 Å². The van der Waals surface area contributed by atoms with E-state index in [-0.39, 0.29) is 5.02 Å². The van der Waals surface area contributed by atoms with Crippen LogP contribution in [0.25, 0.3) is 0 Å². The molecule has 2 N–H and O–H groups in total. The van der Waals surface area contributed by atoms with Crippen LogP contribution < -0.4 is 10.6 Å². The number of nitrogens with zero attached hydrogens (tertiary/aromatic N) is 1. The van der Waals surface area contributed by atoms with Gasteiger partial charge in [-0.3, -0.25) is 0 Å². The van der Waals surface area contributed by atoms with Gasteiger partial charge in [-0.2, -0.15) is 0 Å². The topological polar surface area (TPSA) is 29.3 Å². The second-order valence-electron chi connectivity index (χ2n) is 5.52. The smallest absolute Gasteiger partial charge is 0.143 e. The van der Waals surface area contributed by atoms with Crippen LogP contribution in [-0.4, -0.2) is 13.1 Å². The van der Waals surface area contributed by atoms with Crippen molar-refractivity contribution in [3.05, 3.63) is 23.0 Å². The van der Waals surface area contributed by atoms with Crippen molar-refractivity contribution in [2.24, 2.45) is 5.92 Å². The van der Waals surface area contributed by atoms with E-state index in [0.717, 1.165) is 11.6 Å². The van der Waals surface area contributed by atoms with E-state index < -0.39 is 5.82 Å². The molecule has 0 aromatic heterocycles. The molecule has 0 unspecified atom stereocenters. The molecule has 0 bridgehead atoms. The minimum absolute atomic E-state index is 0.137. The standard InChI is InChI=1S/C15H22ClFN2/c1-3-10-4-6-11(7-5-10)19(2)15-8-12(16)13(17)9-14(15)18/h8-11H,3-7,18H2,1-2H3. The lowest BCUT2D eigenvalue weighted by molar-refractivity contribution is 0.313. The zero-order chi connectivity index (χ0) is 14.0. The van der Waals surface area contributed by atoms with Crippen molar-refractivity contribution in [1.82, 2.24) is 0 Å². The molecule has 0 spiro atoms. The highest BCUT2D eigenvalue weighted by Crippen LogP contribution is 2.35. The van der Waals surface area contributed by atoms with Gasteiger partial charge >= 0.3 is 0 Å². The Balaban J connectivity index is 2.12. The zero-order valence-electron chi connectivity index (χ0n) is 11.6. The number of nitrogen functional groups attached to an aromatic ring is 1. The van der Waals surface area contributed by atoms with Crippen LogP contribution in [0, 0.1) is 11.7 Å². The van der Waals surface area contributed by atoms with Gasteiger partial charge in [-0.1, -0.05) is 24.9 Å². The molecule has 1 aliphatic rings. The molecule has 0 atom stereocenters. The molecule has 106 valence electrons. The molecule has 1 fully saturated rings. The highest BCUT2D eigenvalue weighted by atomic mass is 35.5. The van der Waals surface area contributed by atoms with Crippen LogP contribution >= 0.6 is 11.6 Å². The van der Waals surface area contributed by atoms with Crippen molar-refractivity contribution in [2.75, 3.05) is 17.7 Å². The van der Waals surface area contributed by atoms with Crippen molar-refractivity contribution in [3.8, 4) is 0 Å². The van der Waals surface area contributed by atoms with Crippen molar-refractivity contribution in [1.29, 1.82) is 0 Å². The fourth-order valence-electron chi connectivity index (χ4n) is 2.99. The van der Waals surface area contributed by atoms with Gasteiger partial charge in [0.2, 0.25) is 0 Å². The first-order valence-electron chi connectivity index (χ1n) is 7.00. The molecule has 2 nitrogen and oxygen atoms in total. The second kappa shape index (κ2) is 6.00. The Kier molecular flexibility index (Phi) is 4.56. The quantitative estimate of drug-likeness (QED) is 0.830. The molecule has 1 saturated carbocycles. The Morgan fingerprint density at radius 1 is 1.32 bits per heavy atom. The molecule has 1 aromatic carbocycles. The third kappa shape index (κ3) is 3.14. The van der Waals surface area contributed by atoms with Crippen LogP contribution in [0.1, 0.15) is 39.0 Å². The van der Waals surface area contributed by atoms with E-state index >= 15 is 0 Å². The van der Waals surface area contributed by atoms with Crippen molar-refractivity contribution in [2.45, 2.75) is 45.1 Å². The summed E-state index contributed by atoms with van der Waals surface area (Å²) in [6.07, 6.45) is 6.13. The fraction of sp³-hybridized carbons (Fsp3) is 0.600. The predicted octanol–water partition coefficient (Wildman–Crippen LogP) is 4.47. The van der Waals surface area contributed by atoms with E-state index in [0.29, 0.717) is 11.7 Å². The molecule has 1 aromatic rings. The molecule has 1 aliphatic carbocycles. The highest BCUT2D eigenvalue weighted by Gasteiger charge is 2.24. The number of rotatable bonds is 3. The maximum Gasteiger partial charge on any atom is 0.143 e. The summed E-state index contributed by atoms with van der Waals surface area (Å²) in [5.74, 6) is 0.407. The summed E-state index contributed by atoms with van der Waals surface area (Å²) in [6.45, 7) is 2.26. The molecule has 0 saturated heterocycles. The molecular formula is C15H22ClFN2. The van der Waals surface area contributed by atoms with Crippen LogP contribution in [-0.2, 0) is 0 Å². The first-order chi connectivity index (χ1) is 9.02. The van der Waals surface area contributed by atoms with E-state index in [9.17, 15) is 4.39 Å². The number of halogens is 2. The van der Waals surface area contributed by atoms with Crippen LogP contribution in [0.2, 0.25) is 5.02 Å². The van der Waals surface area contributed by atoms with Crippen LogP contribution in [0.15, 0.2) is 12.1 Å². The maximum atomic E-state index is 13.3. The fourth-order valence-corrected chi connectivity index (χ4v) is 3.15. The molecule has 19 heavy (non-hydrogen) atoms. The lowest BCUT2D eigenvalue weighted by Gasteiger charge is -2.36. The minimum atomic E-state index is -0.453. The summed E-state index contributed by atoms with van der Waals surface area (Å²) in [7, 11) is 2.02. The second-order valence-corrected chi connectivity index (χ2v) is 5.93. The molecule has 4 heteroatoms. The average molecular weight is 285 g/mol. The minimum Gasteiger partial charge on any atom is -0.397 e. The Morgan fingerprint density at radius 2 is 1.95 bits per heavy atom. The zero-order valence-corrected chi connectivity index (χ0v) is 12.4. The number of hydrogen-bond donors (Lipinski definition) is 1. The van der Waals surface area contributed by atoms with E-state index in [2.05, 4.69) is 11.8 Å². The Labute approximate surface area is 119 Å². The molecule has 0 amide bonds. The Morgan fingerprint density at radius 3 is 2.53 bits per heavy atom. The summed E-state index contributed by atoms with van der Waals surface area (Å²) in [6, 6.07) is 3.43. The normalized spacial score (nSPS) is 23.4. The van der Waals surface area contributed by atoms with Gasteiger partial charge in [0.15, 0.2) is 0 Å². The lowest BCUT2D eigenvalue weighted by atomic mass is 9.84. The van der Waals surface area contributed by atoms with Gasteiger partial charge < -0.3 is 10.6 Å². The summed E-state index contributed by atoms with van der Waals surface area (Å²) < 4.78 is 13.3. The molecule has 0 aliphatic heterocycles. The SMILES string of the molecule is CCC1CCC(N(C)c2cc(Cl)c(F)cc2N)CC1. The first-order valence-corrected chi connectivity index (χ1v) is 7.38. The van der Waals surface area contributed by atoms with Crippen LogP contribution in [0.5, 0.6) is 0 Å². The molecular weight excluding hydrogens is 263 g/mol. The van der Waals surface area contributed by atoms with E-state index in [1.807, 2.05) is 7.05 Å². The number of anilines is 2. The lowest BCUT2D eigenvalue weighted by Crippen LogP contribution is -2.35. The monoisotopic (exact) mass is 284 g/mol. The third-order valence-electron chi connectivity index (χ3n) is 4.39. The van der Waals surface area contributed by atoms with Gasteiger partial charge in [-0.25, -0.2) is 4.39 Å². The van der Waals surface area contributed by atoms with Crippen LogP contribution in [0.4, 0.5) is 15.8 Å². The van der Waals surface area contributed by atoms with E-state index in [4.69, 9.17) is 17.3 Å². The van der Waals surface area contributed by atoms with Gasteiger partial charge in [0.1, 0.15) is 5.82 Å². The third-order valence-corrected chi connectivity index (χ3v) is 4.68. The van der Waals surface area contributed by atoms with Crippen molar-refractivity contribution >= 4 is 23.0 Å². The van der Waals surface area contributed by atoms with Crippen LogP contribution in [0.3, 0.4) is 0 Å². The largest absolute Gasteiger partial charge is 0.397 e. The van der Waals surface area contributed by atoms with E-state index in [1.54, 1.807) is 6.07 Å². The summed E-state index contributed by atoms with van der Waals surface area (Å²) >= 11 is 5.86. The number of hydrogen-bond acceptors (Lipinski definition) is 2. The number of benzene rings is 1. The predicted molar refractivity (Wildman–Crippen MR) is 80.3 cm³/mol. The van der Waals surface area contributed by atoms with Gasteiger partial charge in [0, 0.05) is 19.2 Å². The average Bonchev–Trinajstić information content (AvgIpc) is 2.42. The summed E-state index contributed by atoms with van der Waals surface area (Å²) in [4.78, 5) is 2.16. The Hall–Kier alpha value is -0.960. The van der Waals surface area contributed by atoms with Gasteiger partial charge in [0.25, 0.3) is 0 Å². The highest BCUT2D eigenvalue weighted by molar-refractivity contribution is 6.31. The Bertz CT molecular complexity index is 442. The molecule has 2 rings (SSSR count). The van der Waals surface area contributed by atoms with Gasteiger partial charge in [-0.05, 0) is 37.7 Å². The van der Waals surface area contributed by atoms with Gasteiger partial charge in [-0.15, -0.1) is 0 Å².